The lowest BCUT2D eigenvalue weighted by atomic mass is 10.0. The third-order valence-corrected chi connectivity index (χ3v) is 4.41. The zero-order valence-corrected chi connectivity index (χ0v) is 17.3. The van der Waals surface area contributed by atoms with E-state index < -0.39 is 17.6 Å². The lowest BCUT2D eigenvalue weighted by Crippen LogP contribution is -2.18. The second kappa shape index (κ2) is 9.04. The predicted octanol–water partition coefficient (Wildman–Crippen LogP) is 4.57. The van der Waals surface area contributed by atoms with Gasteiger partial charge in [-0.1, -0.05) is 18.2 Å². The maximum atomic E-state index is 12.9. The number of amides is 1. The van der Waals surface area contributed by atoms with E-state index in [2.05, 4.69) is 20.6 Å². The van der Waals surface area contributed by atoms with Gasteiger partial charge >= 0.3 is 6.18 Å². The van der Waals surface area contributed by atoms with E-state index in [9.17, 15) is 18.0 Å². The van der Waals surface area contributed by atoms with Crippen molar-refractivity contribution in [1.82, 2.24) is 9.97 Å². The van der Waals surface area contributed by atoms with E-state index in [0.717, 1.165) is 12.1 Å². The molecule has 0 aliphatic rings. The van der Waals surface area contributed by atoms with E-state index in [1.807, 2.05) is 13.8 Å². The molecule has 1 aromatic heterocycles. The summed E-state index contributed by atoms with van der Waals surface area (Å²) in [6, 6.07) is 10.5. The van der Waals surface area contributed by atoms with E-state index in [-0.39, 0.29) is 23.1 Å². The van der Waals surface area contributed by atoms with Crippen molar-refractivity contribution < 1.29 is 18.0 Å². The van der Waals surface area contributed by atoms with Crippen LogP contribution in [-0.4, -0.2) is 27.6 Å². The van der Waals surface area contributed by atoms with Gasteiger partial charge in [-0.25, -0.2) is 9.97 Å². The van der Waals surface area contributed by atoms with Gasteiger partial charge in [-0.15, -0.1) is 0 Å². The van der Waals surface area contributed by atoms with E-state index in [0.29, 0.717) is 22.6 Å². The highest BCUT2D eigenvalue weighted by atomic mass is 19.4. The minimum Gasteiger partial charge on any atom is -0.383 e. The number of aromatic nitrogens is 2. The van der Waals surface area contributed by atoms with Crippen LogP contribution in [0.3, 0.4) is 0 Å². The van der Waals surface area contributed by atoms with Crippen molar-refractivity contribution in [3.63, 3.8) is 0 Å². The molecule has 0 spiro atoms. The molecule has 0 saturated carbocycles. The number of carbonyl (C=O) groups is 1. The van der Waals surface area contributed by atoms with Gasteiger partial charge in [-0.2, -0.15) is 13.2 Å². The third-order valence-electron chi connectivity index (χ3n) is 4.41. The third kappa shape index (κ3) is 5.20. The molecule has 5 N–H and O–H groups in total. The Hall–Kier alpha value is -3.95. The van der Waals surface area contributed by atoms with Crippen LogP contribution in [0.5, 0.6) is 0 Å². The molecule has 2 aromatic carbocycles. The Kier molecular flexibility index (Phi) is 6.42. The minimum atomic E-state index is -4.55. The van der Waals surface area contributed by atoms with Gasteiger partial charge < -0.3 is 16.4 Å². The van der Waals surface area contributed by atoms with Crippen LogP contribution in [0.1, 0.15) is 40.9 Å². The van der Waals surface area contributed by atoms with Crippen molar-refractivity contribution in [3.8, 4) is 0 Å². The largest absolute Gasteiger partial charge is 0.416 e. The van der Waals surface area contributed by atoms with Crippen LogP contribution in [0.2, 0.25) is 0 Å². The molecule has 3 rings (SSSR count). The van der Waals surface area contributed by atoms with Gasteiger partial charge in [0.15, 0.2) is 0 Å². The lowest BCUT2D eigenvalue weighted by molar-refractivity contribution is -0.137. The van der Waals surface area contributed by atoms with Crippen LogP contribution < -0.4 is 16.4 Å². The van der Waals surface area contributed by atoms with Gasteiger partial charge in [0.1, 0.15) is 18.0 Å². The molecule has 1 amide bonds. The molecule has 0 aliphatic carbocycles. The Morgan fingerprint density at radius 2 is 1.75 bits per heavy atom. The Balaban J connectivity index is 1.87. The number of nitrogens with one attached hydrogen (secondary N) is 3. The van der Waals surface area contributed by atoms with Crippen LogP contribution in [0.15, 0.2) is 54.9 Å². The number of anilines is 3. The monoisotopic (exact) mass is 442 g/mol. The fourth-order valence-corrected chi connectivity index (χ4v) is 2.97. The summed E-state index contributed by atoms with van der Waals surface area (Å²) in [6.07, 6.45) is -3.26. The van der Waals surface area contributed by atoms with Crippen molar-refractivity contribution in [1.29, 1.82) is 5.41 Å². The molecule has 10 heteroatoms. The van der Waals surface area contributed by atoms with Gasteiger partial charge in [0.25, 0.3) is 5.91 Å². The Labute approximate surface area is 182 Å². The van der Waals surface area contributed by atoms with Crippen LogP contribution in [-0.2, 0) is 6.18 Å². The molecule has 166 valence electrons. The second-order valence-electron chi connectivity index (χ2n) is 7.27. The molecule has 32 heavy (non-hydrogen) atoms. The van der Waals surface area contributed by atoms with Crippen molar-refractivity contribution in [2.75, 3.05) is 16.4 Å². The smallest absolute Gasteiger partial charge is 0.383 e. The van der Waals surface area contributed by atoms with Crippen molar-refractivity contribution in [2.24, 2.45) is 0 Å². The summed E-state index contributed by atoms with van der Waals surface area (Å²) < 4.78 is 38.8. The molecule has 1 heterocycles. The number of nitrogen functional groups attached to an aromatic ring is 1. The van der Waals surface area contributed by atoms with Gasteiger partial charge in [0.2, 0.25) is 0 Å². The van der Waals surface area contributed by atoms with Crippen LogP contribution in [0.25, 0.3) is 0 Å². The summed E-state index contributed by atoms with van der Waals surface area (Å²) in [5.41, 5.74) is 6.00. The average molecular weight is 442 g/mol. The fourth-order valence-electron chi connectivity index (χ4n) is 2.97. The number of alkyl halides is 3. The second-order valence-corrected chi connectivity index (χ2v) is 7.27. The zero-order valence-electron chi connectivity index (χ0n) is 17.3. The number of benzene rings is 2. The first kappa shape index (κ1) is 22.7. The molecule has 0 fully saturated rings. The molecule has 0 aliphatic heterocycles. The summed E-state index contributed by atoms with van der Waals surface area (Å²) in [5, 5.41) is 14.3. The first-order valence-corrected chi connectivity index (χ1v) is 9.61. The summed E-state index contributed by atoms with van der Waals surface area (Å²) in [6.45, 7) is 3.82. The molecule has 0 radical (unpaired) electrons. The quantitative estimate of drug-likeness (QED) is 0.418. The predicted molar refractivity (Wildman–Crippen MR) is 117 cm³/mol. The highest BCUT2D eigenvalue weighted by Crippen LogP contribution is 2.30. The lowest BCUT2D eigenvalue weighted by Gasteiger charge is -2.16. The Morgan fingerprint density at radius 3 is 2.44 bits per heavy atom. The zero-order chi connectivity index (χ0) is 23.5. The van der Waals surface area contributed by atoms with E-state index >= 15 is 0 Å². The fraction of sp³-hybridized carbons (Fsp3) is 0.182. The number of hydrogen-bond donors (Lipinski definition) is 4. The molecule has 0 bridgehead atoms. The van der Waals surface area contributed by atoms with Crippen molar-refractivity contribution in [2.45, 2.75) is 26.1 Å². The number of nitrogens with two attached hydrogens (primary N) is 1. The average Bonchev–Trinajstić information content (AvgIpc) is 2.73. The highest BCUT2D eigenvalue weighted by Gasteiger charge is 2.31. The topological polar surface area (TPSA) is 117 Å². The standard InChI is InChI=1S/C22H21F3N6O/c1-12(2)30-20-17(19(27)28-11-29-20)18(26)13-5-4-8-16(10-13)31-21(32)14-6-3-7-15(9-14)22(23,24)25/h3-12,26H,1-2H3,(H,31,32)(H3,27,28,29,30). The molecular formula is C22H21F3N6O. The number of nitrogens with zero attached hydrogens (tertiary/aromatic N) is 2. The van der Waals surface area contributed by atoms with Gasteiger partial charge in [-0.3, -0.25) is 10.2 Å². The number of halogens is 3. The van der Waals surface area contributed by atoms with Crippen LogP contribution in [0, 0.1) is 5.41 Å². The highest BCUT2D eigenvalue weighted by molar-refractivity contribution is 6.16. The molecule has 0 saturated heterocycles. The summed E-state index contributed by atoms with van der Waals surface area (Å²) in [5.74, 6) is -0.188. The molecule has 0 unspecified atom stereocenters. The Bertz CT molecular complexity index is 1160. The van der Waals surface area contributed by atoms with Crippen molar-refractivity contribution >= 4 is 28.9 Å². The van der Waals surface area contributed by atoms with Gasteiger partial charge in [-0.05, 0) is 44.2 Å². The van der Waals surface area contributed by atoms with E-state index in [1.54, 1.807) is 18.2 Å². The molecule has 0 atom stereocenters. The van der Waals surface area contributed by atoms with Crippen molar-refractivity contribution in [3.05, 3.63) is 77.1 Å². The Morgan fingerprint density at radius 1 is 1.06 bits per heavy atom. The summed E-state index contributed by atoms with van der Waals surface area (Å²) >= 11 is 0. The first-order chi connectivity index (χ1) is 15.1. The molecule has 3 aromatic rings. The number of hydrogen-bond acceptors (Lipinski definition) is 6. The number of carbonyl (C=O) groups excluding carboxylic acids is 1. The maximum absolute atomic E-state index is 12.9. The van der Waals surface area contributed by atoms with Gasteiger partial charge in [0, 0.05) is 22.9 Å². The number of rotatable bonds is 6. The summed E-state index contributed by atoms with van der Waals surface area (Å²) in [4.78, 5) is 20.6. The molecular weight excluding hydrogens is 421 g/mol. The normalized spacial score (nSPS) is 11.3. The molecule has 7 nitrogen and oxygen atoms in total. The maximum Gasteiger partial charge on any atom is 0.416 e. The SMILES string of the molecule is CC(C)Nc1ncnc(N)c1C(=N)c1cccc(NC(=O)c2cccc(C(F)(F)F)c2)c1. The van der Waals surface area contributed by atoms with E-state index in [1.165, 1.54) is 24.5 Å². The van der Waals surface area contributed by atoms with Crippen LogP contribution in [0.4, 0.5) is 30.5 Å². The van der Waals surface area contributed by atoms with Gasteiger partial charge in [0.05, 0.1) is 16.8 Å². The minimum absolute atomic E-state index is 0.0291. The first-order valence-electron chi connectivity index (χ1n) is 9.61. The summed E-state index contributed by atoms with van der Waals surface area (Å²) in [7, 11) is 0. The van der Waals surface area contributed by atoms with Crippen LogP contribution >= 0.6 is 0 Å². The van der Waals surface area contributed by atoms with E-state index in [4.69, 9.17) is 11.1 Å².